The van der Waals surface area contributed by atoms with E-state index in [9.17, 15) is 4.79 Å². The molecule has 6 heteroatoms. The largest absolute Gasteiger partial charge is 0.493 e. The van der Waals surface area contributed by atoms with E-state index in [1.54, 1.807) is 20.4 Å². The van der Waals surface area contributed by atoms with Gasteiger partial charge in [-0.1, -0.05) is 0 Å². The van der Waals surface area contributed by atoms with E-state index in [0.717, 1.165) is 29.7 Å². The number of nitrogens with zero attached hydrogens (tertiary/aromatic N) is 1. The van der Waals surface area contributed by atoms with Crippen molar-refractivity contribution in [2.75, 3.05) is 37.5 Å². The molecule has 0 atom stereocenters. The fraction of sp³-hybridized carbons (Fsp3) is 0.286. The fourth-order valence-corrected chi connectivity index (χ4v) is 3.57. The smallest absolute Gasteiger partial charge is 0.257 e. The first-order valence-corrected chi connectivity index (χ1v) is 9.09. The van der Waals surface area contributed by atoms with Crippen molar-refractivity contribution in [2.45, 2.75) is 12.8 Å². The third-order valence-electron chi connectivity index (χ3n) is 5.03. The van der Waals surface area contributed by atoms with E-state index in [1.807, 2.05) is 24.3 Å². The second-order valence-electron chi connectivity index (χ2n) is 6.65. The first kappa shape index (κ1) is 17.3. The van der Waals surface area contributed by atoms with Crippen LogP contribution in [-0.2, 0) is 0 Å². The van der Waals surface area contributed by atoms with Crippen molar-refractivity contribution in [1.29, 1.82) is 0 Å². The molecule has 2 heterocycles. The number of amides is 1. The Balaban J connectivity index is 1.56. The normalized spacial score (nSPS) is 13.8. The van der Waals surface area contributed by atoms with Crippen LogP contribution < -0.4 is 19.7 Å². The maximum Gasteiger partial charge on any atom is 0.257 e. The lowest BCUT2D eigenvalue weighted by atomic mass is 10.1. The van der Waals surface area contributed by atoms with E-state index < -0.39 is 0 Å². The maximum absolute atomic E-state index is 12.8. The minimum Gasteiger partial charge on any atom is -0.493 e. The second-order valence-corrected chi connectivity index (χ2v) is 6.65. The van der Waals surface area contributed by atoms with Gasteiger partial charge >= 0.3 is 0 Å². The van der Waals surface area contributed by atoms with E-state index in [4.69, 9.17) is 9.47 Å². The minimum atomic E-state index is -0.164. The number of H-pyrrole nitrogens is 1. The zero-order valence-electron chi connectivity index (χ0n) is 15.5. The van der Waals surface area contributed by atoms with Gasteiger partial charge in [0, 0.05) is 42.1 Å². The molecule has 2 N–H and O–H groups in total. The van der Waals surface area contributed by atoms with Gasteiger partial charge in [0.05, 0.1) is 25.3 Å². The first-order valence-electron chi connectivity index (χ1n) is 9.09. The lowest BCUT2D eigenvalue weighted by molar-refractivity contribution is 0.102. The van der Waals surface area contributed by atoms with Crippen molar-refractivity contribution in [3.63, 3.8) is 0 Å². The molecule has 0 bridgehead atoms. The molecule has 4 rings (SSSR count). The van der Waals surface area contributed by atoms with Gasteiger partial charge in [0.1, 0.15) is 0 Å². The summed E-state index contributed by atoms with van der Waals surface area (Å²) in [5.41, 5.74) is 3.36. The summed E-state index contributed by atoms with van der Waals surface area (Å²) >= 11 is 0. The average molecular weight is 365 g/mol. The summed E-state index contributed by atoms with van der Waals surface area (Å²) in [4.78, 5) is 18.3. The molecule has 1 fully saturated rings. The molecule has 27 heavy (non-hydrogen) atoms. The number of fused-ring (bicyclic) bond motifs is 1. The number of carbonyl (C=O) groups is 1. The summed E-state index contributed by atoms with van der Waals surface area (Å²) in [5, 5.41) is 3.76. The molecule has 0 saturated carbocycles. The molecule has 1 amide bonds. The molecule has 3 aromatic rings. The van der Waals surface area contributed by atoms with Crippen LogP contribution in [0.5, 0.6) is 11.5 Å². The Morgan fingerprint density at radius 1 is 1.04 bits per heavy atom. The minimum absolute atomic E-state index is 0.164. The molecule has 140 valence electrons. The number of hydrogen-bond donors (Lipinski definition) is 2. The Morgan fingerprint density at radius 2 is 1.70 bits per heavy atom. The standard InChI is InChI=1S/C21H23N3O3/c1-26-19-11-16-17(13-22-18(16)12-20(19)27-2)21(25)23-14-5-7-15(8-6-14)24-9-3-4-10-24/h5-8,11-13,22H,3-4,9-10H2,1-2H3,(H,23,25). The summed E-state index contributed by atoms with van der Waals surface area (Å²) in [7, 11) is 3.17. The second kappa shape index (κ2) is 7.23. The van der Waals surface area contributed by atoms with Gasteiger partial charge in [0.25, 0.3) is 5.91 Å². The van der Waals surface area contributed by atoms with Crippen LogP contribution in [0.2, 0.25) is 0 Å². The summed E-state index contributed by atoms with van der Waals surface area (Å²) in [6.07, 6.45) is 4.19. The monoisotopic (exact) mass is 365 g/mol. The Bertz CT molecular complexity index is 957. The Labute approximate surface area is 158 Å². The molecule has 2 aromatic carbocycles. The summed E-state index contributed by atoms with van der Waals surface area (Å²) < 4.78 is 10.7. The van der Waals surface area contributed by atoms with Gasteiger partial charge in [0.2, 0.25) is 0 Å². The Morgan fingerprint density at radius 3 is 2.37 bits per heavy atom. The molecule has 1 aromatic heterocycles. The number of aromatic nitrogens is 1. The SMILES string of the molecule is COc1cc2[nH]cc(C(=O)Nc3ccc(N4CCCC4)cc3)c2cc1OC. The van der Waals surface area contributed by atoms with Gasteiger partial charge in [-0.25, -0.2) is 0 Å². The van der Waals surface area contributed by atoms with Crippen LogP contribution in [0.1, 0.15) is 23.2 Å². The van der Waals surface area contributed by atoms with Gasteiger partial charge in [-0.05, 0) is 43.2 Å². The number of nitrogens with one attached hydrogen (secondary N) is 2. The van der Waals surface area contributed by atoms with Crippen molar-refractivity contribution in [3.8, 4) is 11.5 Å². The van der Waals surface area contributed by atoms with Crippen molar-refractivity contribution in [2.24, 2.45) is 0 Å². The Kier molecular flexibility index (Phi) is 4.62. The summed E-state index contributed by atoms with van der Waals surface area (Å²) in [6.45, 7) is 2.21. The highest BCUT2D eigenvalue weighted by atomic mass is 16.5. The van der Waals surface area contributed by atoms with Gasteiger partial charge < -0.3 is 24.7 Å². The summed E-state index contributed by atoms with van der Waals surface area (Å²) in [5.74, 6) is 1.05. The fourth-order valence-electron chi connectivity index (χ4n) is 3.57. The van der Waals surface area contributed by atoms with Crippen LogP contribution >= 0.6 is 0 Å². The highest BCUT2D eigenvalue weighted by molar-refractivity contribution is 6.13. The van der Waals surface area contributed by atoms with Crippen LogP contribution in [0.3, 0.4) is 0 Å². The van der Waals surface area contributed by atoms with Gasteiger partial charge in [-0.3, -0.25) is 4.79 Å². The molecule has 6 nitrogen and oxygen atoms in total. The third-order valence-corrected chi connectivity index (χ3v) is 5.03. The number of aromatic amines is 1. The van der Waals surface area contributed by atoms with Crippen LogP contribution in [0.15, 0.2) is 42.6 Å². The molecule has 1 aliphatic rings. The van der Waals surface area contributed by atoms with E-state index in [1.165, 1.54) is 18.5 Å². The van der Waals surface area contributed by atoms with E-state index in [-0.39, 0.29) is 5.91 Å². The third kappa shape index (κ3) is 3.30. The molecule has 0 unspecified atom stereocenters. The zero-order valence-corrected chi connectivity index (χ0v) is 15.5. The highest BCUT2D eigenvalue weighted by Gasteiger charge is 2.16. The number of anilines is 2. The van der Waals surface area contributed by atoms with Crippen molar-refractivity contribution >= 4 is 28.2 Å². The lowest BCUT2D eigenvalue weighted by Gasteiger charge is -2.17. The number of methoxy groups -OCH3 is 2. The molecule has 1 aliphatic heterocycles. The van der Waals surface area contributed by atoms with Crippen molar-refractivity contribution < 1.29 is 14.3 Å². The van der Waals surface area contributed by atoms with Crippen molar-refractivity contribution in [1.82, 2.24) is 4.98 Å². The number of benzene rings is 2. The van der Waals surface area contributed by atoms with Crippen LogP contribution in [0.25, 0.3) is 10.9 Å². The van der Waals surface area contributed by atoms with Gasteiger partial charge in [0.15, 0.2) is 11.5 Å². The van der Waals surface area contributed by atoms with Crippen LogP contribution in [-0.4, -0.2) is 38.2 Å². The molecule has 0 aliphatic carbocycles. The number of rotatable bonds is 5. The van der Waals surface area contributed by atoms with E-state index in [0.29, 0.717) is 17.1 Å². The predicted octanol–water partition coefficient (Wildman–Crippen LogP) is 4.04. The predicted molar refractivity (Wildman–Crippen MR) is 107 cm³/mol. The lowest BCUT2D eigenvalue weighted by Crippen LogP contribution is -2.17. The maximum atomic E-state index is 12.8. The van der Waals surface area contributed by atoms with Gasteiger partial charge in [-0.15, -0.1) is 0 Å². The highest BCUT2D eigenvalue weighted by Crippen LogP contribution is 2.33. The van der Waals surface area contributed by atoms with Gasteiger partial charge in [-0.2, -0.15) is 0 Å². The topological polar surface area (TPSA) is 66.6 Å². The molecular formula is C21H23N3O3. The number of hydrogen-bond acceptors (Lipinski definition) is 4. The number of carbonyl (C=O) groups excluding carboxylic acids is 1. The molecule has 1 saturated heterocycles. The first-order chi connectivity index (χ1) is 13.2. The molecule has 0 spiro atoms. The summed E-state index contributed by atoms with van der Waals surface area (Å²) in [6, 6.07) is 11.7. The Hall–Kier alpha value is -3.15. The molecule has 0 radical (unpaired) electrons. The average Bonchev–Trinajstić information content (AvgIpc) is 3.37. The van der Waals surface area contributed by atoms with Crippen LogP contribution in [0, 0.1) is 0 Å². The van der Waals surface area contributed by atoms with Crippen molar-refractivity contribution in [3.05, 3.63) is 48.2 Å². The zero-order chi connectivity index (χ0) is 18.8. The quantitative estimate of drug-likeness (QED) is 0.716. The molecular weight excluding hydrogens is 342 g/mol. The van der Waals surface area contributed by atoms with E-state index in [2.05, 4.69) is 27.3 Å². The van der Waals surface area contributed by atoms with E-state index >= 15 is 0 Å². The number of ether oxygens (including phenoxy) is 2. The van der Waals surface area contributed by atoms with Crippen LogP contribution in [0.4, 0.5) is 11.4 Å².